The molecule has 4 N–H and O–H groups in total. The fourth-order valence-electron chi connectivity index (χ4n) is 1.83. The van der Waals surface area contributed by atoms with E-state index in [9.17, 15) is 4.79 Å². The van der Waals surface area contributed by atoms with Gasteiger partial charge in [0, 0.05) is 6.54 Å². The second-order valence-corrected chi connectivity index (χ2v) is 4.68. The summed E-state index contributed by atoms with van der Waals surface area (Å²) < 4.78 is 5.42. The summed E-state index contributed by atoms with van der Waals surface area (Å²) in [5.41, 5.74) is 6.00. The minimum Gasteiger partial charge on any atom is -0.483 e. The van der Waals surface area contributed by atoms with Gasteiger partial charge in [0.15, 0.2) is 12.4 Å². The van der Waals surface area contributed by atoms with Gasteiger partial charge < -0.3 is 21.0 Å². The summed E-state index contributed by atoms with van der Waals surface area (Å²) in [6.45, 7) is 2.71. The van der Waals surface area contributed by atoms with Gasteiger partial charge in [-0.15, -0.1) is 0 Å². The standard InChI is InChI=1S/C15H23N3O3/c1-2-3-4-7-10-17-14(19)11-21-13-9-6-5-8-12(13)15(16)18-20/h5-6,8-9,20H,2-4,7,10-11H2,1H3,(H2,16,18)(H,17,19). The van der Waals surface area contributed by atoms with E-state index in [0.717, 1.165) is 12.8 Å². The molecule has 1 aromatic carbocycles. The van der Waals surface area contributed by atoms with Gasteiger partial charge in [0.1, 0.15) is 5.75 Å². The molecule has 0 fully saturated rings. The number of hydrogen-bond donors (Lipinski definition) is 3. The average Bonchev–Trinajstić information content (AvgIpc) is 2.52. The van der Waals surface area contributed by atoms with E-state index in [2.05, 4.69) is 17.4 Å². The van der Waals surface area contributed by atoms with Gasteiger partial charge in [0.25, 0.3) is 5.91 Å². The van der Waals surface area contributed by atoms with Gasteiger partial charge >= 0.3 is 0 Å². The summed E-state index contributed by atoms with van der Waals surface area (Å²) in [4.78, 5) is 11.7. The zero-order valence-electron chi connectivity index (χ0n) is 12.3. The fraction of sp³-hybridized carbons (Fsp3) is 0.467. The van der Waals surface area contributed by atoms with Crippen LogP contribution in [-0.2, 0) is 4.79 Å². The SMILES string of the molecule is CCCCCCNC(=O)COc1ccccc1C(N)=NO. The third-order valence-corrected chi connectivity index (χ3v) is 2.98. The lowest BCUT2D eigenvalue weighted by atomic mass is 10.2. The highest BCUT2D eigenvalue weighted by Crippen LogP contribution is 2.17. The van der Waals surface area contributed by atoms with E-state index >= 15 is 0 Å². The first kappa shape index (κ1) is 16.8. The second kappa shape index (κ2) is 9.63. The Labute approximate surface area is 125 Å². The molecule has 6 nitrogen and oxygen atoms in total. The van der Waals surface area contributed by atoms with Gasteiger partial charge in [0.05, 0.1) is 5.56 Å². The van der Waals surface area contributed by atoms with E-state index < -0.39 is 0 Å². The summed E-state index contributed by atoms with van der Waals surface area (Å²) in [5.74, 6) is 0.181. The van der Waals surface area contributed by atoms with Crippen molar-refractivity contribution < 1.29 is 14.7 Å². The second-order valence-electron chi connectivity index (χ2n) is 4.68. The van der Waals surface area contributed by atoms with Crippen LogP contribution in [-0.4, -0.2) is 30.1 Å². The molecule has 1 amide bonds. The number of amides is 1. The van der Waals surface area contributed by atoms with E-state index in [0.29, 0.717) is 17.9 Å². The van der Waals surface area contributed by atoms with Gasteiger partial charge in [-0.25, -0.2) is 0 Å². The number of oxime groups is 1. The highest BCUT2D eigenvalue weighted by atomic mass is 16.5. The largest absolute Gasteiger partial charge is 0.483 e. The highest BCUT2D eigenvalue weighted by Gasteiger charge is 2.09. The Kier molecular flexibility index (Phi) is 7.71. The van der Waals surface area contributed by atoms with E-state index in [1.165, 1.54) is 12.8 Å². The number of hydrogen-bond acceptors (Lipinski definition) is 4. The predicted molar refractivity (Wildman–Crippen MR) is 81.6 cm³/mol. The Bertz CT molecular complexity index is 475. The molecular formula is C15H23N3O3. The lowest BCUT2D eigenvalue weighted by Crippen LogP contribution is -2.30. The maximum absolute atomic E-state index is 11.7. The molecule has 0 aliphatic carbocycles. The van der Waals surface area contributed by atoms with Gasteiger partial charge in [-0.2, -0.15) is 0 Å². The van der Waals surface area contributed by atoms with Crippen LogP contribution in [0.5, 0.6) is 5.75 Å². The van der Waals surface area contributed by atoms with Crippen molar-refractivity contribution >= 4 is 11.7 Å². The van der Waals surface area contributed by atoms with E-state index in [4.69, 9.17) is 15.7 Å². The Morgan fingerprint density at radius 2 is 2.10 bits per heavy atom. The molecule has 0 unspecified atom stereocenters. The molecule has 1 aromatic rings. The summed E-state index contributed by atoms with van der Waals surface area (Å²) in [6, 6.07) is 6.83. The van der Waals surface area contributed by atoms with Crippen molar-refractivity contribution in [2.45, 2.75) is 32.6 Å². The maximum atomic E-state index is 11.7. The molecule has 0 radical (unpaired) electrons. The third-order valence-electron chi connectivity index (χ3n) is 2.98. The predicted octanol–water partition coefficient (Wildman–Crippen LogP) is 1.86. The Morgan fingerprint density at radius 3 is 2.81 bits per heavy atom. The van der Waals surface area contributed by atoms with Crippen molar-refractivity contribution in [1.29, 1.82) is 0 Å². The van der Waals surface area contributed by atoms with E-state index in [-0.39, 0.29) is 18.3 Å². The molecule has 0 atom stereocenters. The van der Waals surface area contributed by atoms with Crippen LogP contribution in [0.1, 0.15) is 38.2 Å². The molecule has 0 bridgehead atoms. The molecule has 0 aliphatic heterocycles. The molecule has 0 aliphatic rings. The van der Waals surface area contributed by atoms with Crippen molar-refractivity contribution in [3.8, 4) is 5.75 Å². The minimum atomic E-state index is -0.180. The van der Waals surface area contributed by atoms with E-state index in [1.54, 1.807) is 24.3 Å². The molecule has 1 rings (SSSR count). The molecule has 0 heterocycles. The van der Waals surface area contributed by atoms with Crippen LogP contribution in [0, 0.1) is 0 Å². The molecule has 0 saturated heterocycles. The molecule has 116 valence electrons. The number of nitrogens with two attached hydrogens (primary N) is 1. The monoisotopic (exact) mass is 293 g/mol. The topological polar surface area (TPSA) is 96.9 Å². The van der Waals surface area contributed by atoms with Gasteiger partial charge in [-0.05, 0) is 18.6 Å². The zero-order valence-corrected chi connectivity index (χ0v) is 12.3. The van der Waals surface area contributed by atoms with Crippen molar-refractivity contribution in [2.75, 3.05) is 13.2 Å². The molecule has 0 aromatic heterocycles. The molecule has 0 spiro atoms. The lowest BCUT2D eigenvalue weighted by Gasteiger charge is -2.10. The van der Waals surface area contributed by atoms with Crippen LogP contribution in [0.3, 0.4) is 0 Å². The van der Waals surface area contributed by atoms with Crippen LogP contribution in [0.15, 0.2) is 29.4 Å². The number of nitrogens with one attached hydrogen (secondary N) is 1. The minimum absolute atomic E-state index is 0.0504. The van der Waals surface area contributed by atoms with Gasteiger partial charge in [-0.3, -0.25) is 4.79 Å². The average molecular weight is 293 g/mol. The summed E-state index contributed by atoms with van der Waals surface area (Å²) in [6.07, 6.45) is 4.44. The first-order valence-electron chi connectivity index (χ1n) is 7.15. The number of carbonyl (C=O) groups is 1. The maximum Gasteiger partial charge on any atom is 0.257 e. The number of ether oxygens (including phenoxy) is 1. The van der Waals surface area contributed by atoms with E-state index in [1.807, 2.05) is 0 Å². The van der Waals surface area contributed by atoms with Crippen LogP contribution in [0.25, 0.3) is 0 Å². The lowest BCUT2D eigenvalue weighted by molar-refractivity contribution is -0.123. The van der Waals surface area contributed by atoms with Crippen molar-refractivity contribution in [3.63, 3.8) is 0 Å². The Morgan fingerprint density at radius 1 is 1.33 bits per heavy atom. The third kappa shape index (κ3) is 6.16. The Hall–Kier alpha value is -2.24. The number of nitrogens with zero attached hydrogens (tertiary/aromatic N) is 1. The number of carbonyl (C=O) groups excluding carboxylic acids is 1. The Balaban J connectivity index is 2.40. The van der Waals surface area contributed by atoms with Gasteiger partial charge in [0.2, 0.25) is 0 Å². The number of amidine groups is 1. The summed E-state index contributed by atoms with van der Waals surface area (Å²) in [5, 5.41) is 14.4. The molecule has 0 saturated carbocycles. The number of unbranched alkanes of at least 4 members (excludes halogenated alkanes) is 3. The zero-order chi connectivity index (χ0) is 15.5. The van der Waals surface area contributed by atoms with Crippen molar-refractivity contribution in [2.24, 2.45) is 10.9 Å². The van der Waals surface area contributed by atoms with Crippen LogP contribution < -0.4 is 15.8 Å². The smallest absolute Gasteiger partial charge is 0.257 e. The van der Waals surface area contributed by atoms with Crippen molar-refractivity contribution in [1.82, 2.24) is 5.32 Å². The normalized spacial score (nSPS) is 11.2. The first-order valence-corrected chi connectivity index (χ1v) is 7.15. The highest BCUT2D eigenvalue weighted by molar-refractivity contribution is 5.99. The fourth-order valence-corrected chi connectivity index (χ4v) is 1.83. The van der Waals surface area contributed by atoms with Crippen molar-refractivity contribution in [3.05, 3.63) is 29.8 Å². The van der Waals surface area contributed by atoms with Gasteiger partial charge in [-0.1, -0.05) is 43.5 Å². The quantitative estimate of drug-likeness (QED) is 0.213. The first-order chi connectivity index (χ1) is 10.2. The summed E-state index contributed by atoms with van der Waals surface area (Å²) in [7, 11) is 0. The number of rotatable bonds is 9. The molecular weight excluding hydrogens is 270 g/mol. The molecule has 21 heavy (non-hydrogen) atoms. The number of benzene rings is 1. The summed E-state index contributed by atoms with van der Waals surface area (Å²) >= 11 is 0. The molecule has 6 heteroatoms. The van der Waals surface area contributed by atoms with Crippen LogP contribution in [0.4, 0.5) is 0 Å². The van der Waals surface area contributed by atoms with Crippen LogP contribution >= 0.6 is 0 Å². The van der Waals surface area contributed by atoms with Crippen LogP contribution in [0.2, 0.25) is 0 Å². The number of para-hydroxylation sites is 1.